The molecular formula is C16H19N3O5. The number of nitrogens with one attached hydrogen (secondary N) is 1. The number of hydrogen-bond acceptors (Lipinski definition) is 6. The Labute approximate surface area is 138 Å². The largest absolute Gasteiger partial charge is 0.497 e. The second-order valence-electron chi connectivity index (χ2n) is 5.16. The summed E-state index contributed by atoms with van der Waals surface area (Å²) in [6.45, 7) is 1.94. The van der Waals surface area contributed by atoms with E-state index in [-0.39, 0.29) is 11.7 Å². The van der Waals surface area contributed by atoms with Gasteiger partial charge < -0.3 is 19.7 Å². The molecule has 8 heteroatoms. The zero-order valence-corrected chi connectivity index (χ0v) is 13.5. The first kappa shape index (κ1) is 17.5. The molecule has 1 aromatic heterocycles. The summed E-state index contributed by atoms with van der Waals surface area (Å²) >= 11 is 0. The van der Waals surface area contributed by atoms with E-state index >= 15 is 0 Å². The van der Waals surface area contributed by atoms with Gasteiger partial charge in [-0.3, -0.25) is 4.79 Å². The van der Waals surface area contributed by atoms with E-state index in [1.807, 2.05) is 6.92 Å². The van der Waals surface area contributed by atoms with E-state index in [9.17, 15) is 9.59 Å². The third kappa shape index (κ3) is 4.31. The molecular weight excluding hydrogens is 314 g/mol. The molecule has 0 aliphatic heterocycles. The van der Waals surface area contributed by atoms with Gasteiger partial charge in [0, 0.05) is 5.56 Å². The van der Waals surface area contributed by atoms with Crippen molar-refractivity contribution in [1.29, 1.82) is 0 Å². The van der Waals surface area contributed by atoms with Crippen molar-refractivity contribution in [3.8, 4) is 17.2 Å². The quantitative estimate of drug-likeness (QED) is 0.760. The minimum Gasteiger partial charge on any atom is -0.497 e. The van der Waals surface area contributed by atoms with Crippen LogP contribution in [0.25, 0.3) is 11.5 Å². The van der Waals surface area contributed by atoms with Crippen LogP contribution >= 0.6 is 0 Å². The molecule has 0 radical (unpaired) electrons. The van der Waals surface area contributed by atoms with Gasteiger partial charge in [-0.2, -0.15) is 4.98 Å². The Kier molecular flexibility index (Phi) is 5.89. The van der Waals surface area contributed by atoms with Crippen molar-refractivity contribution in [3.63, 3.8) is 0 Å². The number of aromatic nitrogens is 2. The summed E-state index contributed by atoms with van der Waals surface area (Å²) in [7, 11) is 1.54. The van der Waals surface area contributed by atoms with Crippen LogP contribution in [0, 0.1) is 0 Å². The number of hydrogen-bond donors (Lipinski definition) is 2. The van der Waals surface area contributed by atoms with Crippen LogP contribution in [-0.4, -0.2) is 40.3 Å². The Bertz CT molecular complexity index is 713. The predicted octanol–water partition coefficient (Wildman–Crippen LogP) is 2.12. The van der Waals surface area contributed by atoms with E-state index in [0.29, 0.717) is 24.2 Å². The third-order valence-electron chi connectivity index (χ3n) is 3.40. The Morgan fingerprint density at radius 2 is 2.21 bits per heavy atom. The number of benzene rings is 1. The minimum atomic E-state index is -1.09. The highest BCUT2D eigenvalue weighted by molar-refractivity contribution is 5.93. The van der Waals surface area contributed by atoms with Gasteiger partial charge in [0.15, 0.2) is 0 Å². The molecule has 2 N–H and O–H groups in total. The fourth-order valence-corrected chi connectivity index (χ4v) is 2.08. The summed E-state index contributed by atoms with van der Waals surface area (Å²) in [5.41, 5.74) is 0.599. The molecule has 2 rings (SSSR count). The van der Waals surface area contributed by atoms with Gasteiger partial charge in [-0.1, -0.05) is 31.0 Å². The number of carboxylic acids is 1. The second-order valence-corrected chi connectivity index (χ2v) is 5.16. The number of unbranched alkanes of at least 4 members (excludes halogenated alkanes) is 1. The van der Waals surface area contributed by atoms with E-state index in [4.69, 9.17) is 14.4 Å². The number of carbonyl (C=O) groups is 2. The normalized spacial score (nSPS) is 11.8. The molecule has 0 aliphatic carbocycles. The standard InChI is InChI=1S/C16H19N3O5/c1-3-4-8-12(16(21)22)17-14(20)13-18-15(24-19-13)10-6-5-7-11(9-10)23-2/h5-7,9,12H,3-4,8H2,1-2H3,(H,17,20)(H,21,22). The lowest BCUT2D eigenvalue weighted by atomic mass is 10.1. The Morgan fingerprint density at radius 3 is 2.88 bits per heavy atom. The molecule has 1 heterocycles. The molecule has 0 saturated carbocycles. The first-order chi connectivity index (χ1) is 11.5. The number of carbonyl (C=O) groups excluding carboxylic acids is 1. The third-order valence-corrected chi connectivity index (χ3v) is 3.40. The summed E-state index contributed by atoms with van der Waals surface area (Å²) in [6.07, 6.45) is 1.87. The molecule has 1 aromatic carbocycles. The summed E-state index contributed by atoms with van der Waals surface area (Å²) in [5, 5.41) is 15.2. The molecule has 2 aromatic rings. The van der Waals surface area contributed by atoms with Crippen LogP contribution in [0.2, 0.25) is 0 Å². The lowest BCUT2D eigenvalue weighted by Crippen LogP contribution is -2.41. The molecule has 0 spiro atoms. The number of ether oxygens (including phenoxy) is 1. The zero-order valence-electron chi connectivity index (χ0n) is 13.5. The maximum Gasteiger partial charge on any atom is 0.326 e. The van der Waals surface area contributed by atoms with E-state index in [2.05, 4.69) is 15.5 Å². The Hall–Kier alpha value is -2.90. The Morgan fingerprint density at radius 1 is 1.42 bits per heavy atom. The lowest BCUT2D eigenvalue weighted by Gasteiger charge is -2.12. The summed E-state index contributed by atoms with van der Waals surface area (Å²) in [6, 6.07) is 5.97. The molecule has 128 valence electrons. The van der Waals surface area contributed by atoms with Gasteiger partial charge in [-0.25, -0.2) is 4.79 Å². The lowest BCUT2D eigenvalue weighted by molar-refractivity contribution is -0.139. The van der Waals surface area contributed by atoms with Crippen LogP contribution in [0.5, 0.6) is 5.75 Å². The summed E-state index contributed by atoms with van der Waals surface area (Å²) in [5.74, 6) is -1.22. The summed E-state index contributed by atoms with van der Waals surface area (Å²) < 4.78 is 10.2. The molecule has 8 nitrogen and oxygen atoms in total. The monoisotopic (exact) mass is 333 g/mol. The predicted molar refractivity (Wildman–Crippen MR) is 84.7 cm³/mol. The van der Waals surface area contributed by atoms with Crippen LogP contribution in [0.1, 0.15) is 36.8 Å². The minimum absolute atomic E-state index is 0.152. The van der Waals surface area contributed by atoms with E-state index < -0.39 is 17.9 Å². The Balaban J connectivity index is 2.11. The number of amides is 1. The molecule has 0 fully saturated rings. The molecule has 0 bridgehead atoms. The SMILES string of the molecule is CCCCC(NC(=O)c1noc(-c2cccc(OC)c2)n1)C(=O)O. The van der Waals surface area contributed by atoms with Gasteiger partial charge in [-0.05, 0) is 24.6 Å². The molecule has 0 saturated heterocycles. The maximum atomic E-state index is 12.1. The topological polar surface area (TPSA) is 115 Å². The van der Waals surface area contributed by atoms with Crippen molar-refractivity contribution in [1.82, 2.24) is 15.5 Å². The average Bonchev–Trinajstić information content (AvgIpc) is 3.08. The average molecular weight is 333 g/mol. The van der Waals surface area contributed by atoms with E-state index in [1.165, 1.54) is 7.11 Å². The van der Waals surface area contributed by atoms with Crippen LogP contribution in [0.3, 0.4) is 0 Å². The number of nitrogens with zero attached hydrogens (tertiary/aromatic N) is 2. The molecule has 24 heavy (non-hydrogen) atoms. The van der Waals surface area contributed by atoms with Crippen molar-refractivity contribution < 1.29 is 24.0 Å². The van der Waals surface area contributed by atoms with Gasteiger partial charge >= 0.3 is 5.97 Å². The highest BCUT2D eigenvalue weighted by Crippen LogP contribution is 2.22. The van der Waals surface area contributed by atoms with Crippen LogP contribution in [0.4, 0.5) is 0 Å². The van der Waals surface area contributed by atoms with Crippen LogP contribution in [-0.2, 0) is 4.79 Å². The first-order valence-electron chi connectivity index (χ1n) is 7.57. The summed E-state index contributed by atoms with van der Waals surface area (Å²) in [4.78, 5) is 27.3. The van der Waals surface area contributed by atoms with Gasteiger partial charge in [0.05, 0.1) is 7.11 Å². The van der Waals surface area contributed by atoms with Gasteiger partial charge in [-0.15, -0.1) is 0 Å². The highest BCUT2D eigenvalue weighted by atomic mass is 16.5. The number of carboxylic acid groups (broad SMARTS) is 1. The van der Waals surface area contributed by atoms with Gasteiger partial charge in [0.2, 0.25) is 0 Å². The number of aliphatic carboxylic acids is 1. The van der Waals surface area contributed by atoms with Crippen molar-refractivity contribution in [2.75, 3.05) is 7.11 Å². The smallest absolute Gasteiger partial charge is 0.326 e. The van der Waals surface area contributed by atoms with Gasteiger partial charge in [0.1, 0.15) is 11.8 Å². The van der Waals surface area contributed by atoms with Crippen molar-refractivity contribution in [2.24, 2.45) is 0 Å². The van der Waals surface area contributed by atoms with Crippen molar-refractivity contribution in [3.05, 3.63) is 30.1 Å². The van der Waals surface area contributed by atoms with Crippen molar-refractivity contribution in [2.45, 2.75) is 32.2 Å². The van der Waals surface area contributed by atoms with Crippen LogP contribution in [0.15, 0.2) is 28.8 Å². The molecule has 1 amide bonds. The van der Waals surface area contributed by atoms with Crippen molar-refractivity contribution >= 4 is 11.9 Å². The molecule has 0 aliphatic rings. The fraction of sp³-hybridized carbons (Fsp3) is 0.375. The number of rotatable bonds is 8. The van der Waals surface area contributed by atoms with Crippen LogP contribution < -0.4 is 10.1 Å². The van der Waals surface area contributed by atoms with Gasteiger partial charge in [0.25, 0.3) is 17.6 Å². The number of methoxy groups -OCH3 is 1. The second kappa shape index (κ2) is 8.09. The zero-order chi connectivity index (χ0) is 17.5. The highest BCUT2D eigenvalue weighted by Gasteiger charge is 2.23. The maximum absolute atomic E-state index is 12.1. The van der Waals surface area contributed by atoms with E-state index in [1.54, 1.807) is 24.3 Å². The molecule has 1 unspecified atom stereocenters. The van der Waals surface area contributed by atoms with E-state index in [0.717, 1.165) is 6.42 Å². The molecule has 1 atom stereocenters. The first-order valence-corrected chi connectivity index (χ1v) is 7.57. The fourth-order valence-electron chi connectivity index (χ4n) is 2.08.